The lowest BCUT2D eigenvalue weighted by Crippen LogP contribution is -2.37. The molecule has 122 valence electrons. The van der Waals surface area contributed by atoms with Crippen molar-refractivity contribution in [1.82, 2.24) is 15.1 Å². The van der Waals surface area contributed by atoms with Crippen LogP contribution in [-0.4, -0.2) is 21.7 Å². The Morgan fingerprint density at radius 3 is 2.52 bits per heavy atom. The molecule has 1 amide bonds. The van der Waals surface area contributed by atoms with Crippen LogP contribution < -0.4 is 5.32 Å². The fourth-order valence-corrected chi connectivity index (χ4v) is 3.52. The normalized spacial score (nSPS) is 21.2. The molecule has 0 spiro atoms. The highest BCUT2D eigenvalue weighted by Gasteiger charge is 2.25. The van der Waals surface area contributed by atoms with Crippen molar-refractivity contribution in [1.29, 1.82) is 0 Å². The third-order valence-corrected chi connectivity index (χ3v) is 4.93. The number of hydrogen-bond donors (Lipinski definition) is 1. The summed E-state index contributed by atoms with van der Waals surface area (Å²) in [4.78, 5) is 12.6. The van der Waals surface area contributed by atoms with Gasteiger partial charge in [-0.2, -0.15) is 5.10 Å². The Bertz CT molecular complexity index is 688. The van der Waals surface area contributed by atoms with Crippen LogP contribution >= 0.6 is 11.6 Å². The number of para-hydroxylation sites is 1. The average Bonchev–Trinajstić information content (AvgIpc) is 2.85. The number of halogens is 1. The van der Waals surface area contributed by atoms with Crippen LogP contribution in [0.15, 0.2) is 30.3 Å². The third-order valence-electron chi connectivity index (χ3n) is 4.58. The summed E-state index contributed by atoms with van der Waals surface area (Å²) in [5.41, 5.74) is 1.99. The summed E-state index contributed by atoms with van der Waals surface area (Å²) in [5, 5.41) is 7.93. The van der Waals surface area contributed by atoms with Gasteiger partial charge in [-0.05, 0) is 50.7 Å². The summed E-state index contributed by atoms with van der Waals surface area (Å²) in [7, 11) is 0. The Morgan fingerprint density at radius 2 is 1.87 bits per heavy atom. The van der Waals surface area contributed by atoms with Crippen LogP contribution in [0.4, 0.5) is 0 Å². The fraction of sp³-hybridized carbons (Fsp3) is 0.444. The van der Waals surface area contributed by atoms with Crippen molar-refractivity contribution in [3.05, 3.63) is 46.7 Å². The number of rotatable bonds is 3. The van der Waals surface area contributed by atoms with Gasteiger partial charge in [0.1, 0.15) is 5.15 Å². The minimum Gasteiger partial charge on any atom is -0.349 e. The highest BCUT2D eigenvalue weighted by Crippen LogP contribution is 2.26. The van der Waals surface area contributed by atoms with E-state index in [0.29, 0.717) is 16.4 Å². The lowest BCUT2D eigenvalue weighted by molar-refractivity contribution is 0.0922. The van der Waals surface area contributed by atoms with Gasteiger partial charge in [-0.25, -0.2) is 4.68 Å². The molecule has 2 aromatic rings. The molecule has 5 heteroatoms. The lowest BCUT2D eigenvalue weighted by atomic mass is 9.87. The maximum atomic E-state index is 12.6. The standard InChI is InChI=1S/C18H22ClN3O/c1-12-8-10-14(11-9-12)20-18(23)16-13(2)21-22(17(16)19)15-6-4-3-5-7-15/h3-7,12,14H,8-11H2,1-2H3,(H,20,23). The summed E-state index contributed by atoms with van der Waals surface area (Å²) >= 11 is 6.44. The number of benzene rings is 1. The van der Waals surface area contributed by atoms with Gasteiger partial charge in [0, 0.05) is 6.04 Å². The smallest absolute Gasteiger partial charge is 0.256 e. The quantitative estimate of drug-likeness (QED) is 0.918. The second-order valence-corrected chi connectivity index (χ2v) is 6.79. The maximum absolute atomic E-state index is 12.6. The number of nitrogens with one attached hydrogen (secondary N) is 1. The monoisotopic (exact) mass is 331 g/mol. The van der Waals surface area contributed by atoms with E-state index in [1.54, 1.807) is 4.68 Å². The van der Waals surface area contributed by atoms with Crippen LogP contribution in [0.25, 0.3) is 5.69 Å². The molecule has 1 saturated carbocycles. The van der Waals surface area contributed by atoms with Gasteiger partial charge in [0.25, 0.3) is 5.91 Å². The van der Waals surface area contributed by atoms with Crippen molar-refractivity contribution in [3.63, 3.8) is 0 Å². The maximum Gasteiger partial charge on any atom is 0.256 e. The number of carbonyl (C=O) groups excluding carboxylic acids is 1. The number of amides is 1. The van der Waals surface area contributed by atoms with E-state index < -0.39 is 0 Å². The Labute approximate surface area is 141 Å². The van der Waals surface area contributed by atoms with E-state index in [4.69, 9.17) is 11.6 Å². The first-order chi connectivity index (χ1) is 11.1. The molecule has 0 unspecified atom stereocenters. The molecule has 0 saturated heterocycles. The molecule has 0 atom stereocenters. The number of nitrogens with zero attached hydrogens (tertiary/aromatic N) is 2. The van der Waals surface area contributed by atoms with Crippen molar-refractivity contribution < 1.29 is 4.79 Å². The van der Waals surface area contributed by atoms with E-state index in [9.17, 15) is 4.79 Å². The molecular formula is C18H22ClN3O. The zero-order valence-electron chi connectivity index (χ0n) is 13.6. The Morgan fingerprint density at radius 1 is 1.22 bits per heavy atom. The molecule has 0 bridgehead atoms. The average molecular weight is 332 g/mol. The summed E-state index contributed by atoms with van der Waals surface area (Å²) in [5.74, 6) is 0.642. The Balaban J connectivity index is 1.80. The summed E-state index contributed by atoms with van der Waals surface area (Å²) in [6.07, 6.45) is 4.41. The van der Waals surface area contributed by atoms with Crippen molar-refractivity contribution in [2.75, 3.05) is 0 Å². The van der Waals surface area contributed by atoms with Gasteiger partial charge >= 0.3 is 0 Å². The van der Waals surface area contributed by atoms with E-state index in [-0.39, 0.29) is 11.9 Å². The summed E-state index contributed by atoms with van der Waals surface area (Å²) in [6.45, 7) is 4.09. The zero-order valence-corrected chi connectivity index (χ0v) is 14.3. The molecule has 1 aliphatic carbocycles. The van der Waals surface area contributed by atoms with Crippen LogP contribution in [0.1, 0.15) is 48.7 Å². The molecule has 1 aliphatic rings. The molecule has 1 heterocycles. The molecular weight excluding hydrogens is 310 g/mol. The Kier molecular flexibility index (Phi) is 4.71. The van der Waals surface area contributed by atoms with Gasteiger partial charge in [0.2, 0.25) is 0 Å². The number of aromatic nitrogens is 2. The molecule has 23 heavy (non-hydrogen) atoms. The molecule has 4 nitrogen and oxygen atoms in total. The second-order valence-electron chi connectivity index (χ2n) is 6.43. The number of carbonyl (C=O) groups is 1. The Hall–Kier alpha value is -1.81. The molecule has 0 radical (unpaired) electrons. The summed E-state index contributed by atoms with van der Waals surface area (Å²) < 4.78 is 1.62. The minimum atomic E-state index is -0.116. The lowest BCUT2D eigenvalue weighted by Gasteiger charge is -2.26. The van der Waals surface area contributed by atoms with Gasteiger partial charge < -0.3 is 5.32 Å². The molecule has 1 fully saturated rings. The zero-order chi connectivity index (χ0) is 16.4. The molecule has 3 rings (SSSR count). The van der Waals surface area contributed by atoms with Crippen molar-refractivity contribution in [2.45, 2.75) is 45.6 Å². The van der Waals surface area contributed by atoms with Crippen molar-refractivity contribution in [3.8, 4) is 5.69 Å². The van der Waals surface area contributed by atoms with Crippen LogP contribution in [0, 0.1) is 12.8 Å². The van der Waals surface area contributed by atoms with E-state index in [1.807, 2.05) is 37.3 Å². The number of aryl methyl sites for hydroxylation is 1. The largest absolute Gasteiger partial charge is 0.349 e. The predicted molar refractivity (Wildman–Crippen MR) is 92.2 cm³/mol. The van der Waals surface area contributed by atoms with Crippen LogP contribution in [0.3, 0.4) is 0 Å². The molecule has 1 aromatic carbocycles. The minimum absolute atomic E-state index is 0.116. The summed E-state index contributed by atoms with van der Waals surface area (Å²) in [6, 6.07) is 9.86. The van der Waals surface area contributed by atoms with E-state index in [2.05, 4.69) is 17.3 Å². The van der Waals surface area contributed by atoms with E-state index in [0.717, 1.165) is 24.4 Å². The first kappa shape index (κ1) is 16.1. The van der Waals surface area contributed by atoms with Crippen molar-refractivity contribution in [2.24, 2.45) is 5.92 Å². The van der Waals surface area contributed by atoms with Gasteiger partial charge in [0.15, 0.2) is 0 Å². The first-order valence-electron chi connectivity index (χ1n) is 8.17. The fourth-order valence-electron chi connectivity index (χ4n) is 3.16. The third kappa shape index (κ3) is 3.42. The van der Waals surface area contributed by atoms with Crippen LogP contribution in [-0.2, 0) is 0 Å². The van der Waals surface area contributed by atoms with Gasteiger partial charge in [-0.15, -0.1) is 0 Å². The van der Waals surface area contributed by atoms with Gasteiger partial charge in [0.05, 0.1) is 16.9 Å². The SMILES string of the molecule is Cc1nn(-c2ccccc2)c(Cl)c1C(=O)NC1CCC(C)CC1. The van der Waals surface area contributed by atoms with Crippen LogP contribution in [0.2, 0.25) is 5.15 Å². The second kappa shape index (κ2) is 6.75. The van der Waals surface area contributed by atoms with E-state index in [1.165, 1.54) is 12.8 Å². The number of hydrogen-bond acceptors (Lipinski definition) is 2. The van der Waals surface area contributed by atoms with Crippen LogP contribution in [0.5, 0.6) is 0 Å². The van der Waals surface area contributed by atoms with Gasteiger partial charge in [-0.1, -0.05) is 36.7 Å². The first-order valence-corrected chi connectivity index (χ1v) is 8.55. The molecule has 1 N–H and O–H groups in total. The van der Waals surface area contributed by atoms with Crippen molar-refractivity contribution >= 4 is 17.5 Å². The molecule has 1 aromatic heterocycles. The highest BCUT2D eigenvalue weighted by molar-refractivity contribution is 6.33. The highest BCUT2D eigenvalue weighted by atomic mass is 35.5. The molecule has 0 aliphatic heterocycles. The van der Waals surface area contributed by atoms with Gasteiger partial charge in [-0.3, -0.25) is 4.79 Å². The van der Waals surface area contributed by atoms with E-state index >= 15 is 0 Å². The predicted octanol–water partition coefficient (Wildman–Crippen LogP) is 4.14. The topological polar surface area (TPSA) is 46.9 Å².